The number of hydrogen-bond acceptors (Lipinski definition) is 9. The van der Waals surface area contributed by atoms with E-state index in [1.165, 1.54) is 24.2 Å². The van der Waals surface area contributed by atoms with Crippen molar-refractivity contribution >= 4 is 29.2 Å². The summed E-state index contributed by atoms with van der Waals surface area (Å²) in [7, 11) is 5.66. The van der Waals surface area contributed by atoms with Crippen LogP contribution in [0.3, 0.4) is 0 Å². The molecule has 1 saturated carbocycles. The molecule has 9 heteroatoms. The van der Waals surface area contributed by atoms with E-state index in [1.54, 1.807) is 26.4 Å². The fraction of sp³-hybridized carbons (Fsp3) is 0.429. The van der Waals surface area contributed by atoms with E-state index in [9.17, 15) is 0 Å². The van der Waals surface area contributed by atoms with Gasteiger partial charge in [0.2, 0.25) is 5.95 Å². The van der Waals surface area contributed by atoms with Crippen molar-refractivity contribution in [2.45, 2.75) is 42.2 Å². The molecule has 0 saturated heterocycles. The highest BCUT2D eigenvalue weighted by atomic mass is 32.2. The summed E-state index contributed by atoms with van der Waals surface area (Å²) in [6, 6.07) is 1.87. The molecule has 2 aliphatic rings. The highest BCUT2D eigenvalue weighted by Crippen LogP contribution is 2.57. The normalized spacial score (nSPS) is 16.3. The Hall–Kier alpha value is -2.81. The van der Waals surface area contributed by atoms with E-state index in [4.69, 9.17) is 19.1 Å². The third kappa shape index (κ3) is 3.27. The van der Waals surface area contributed by atoms with Gasteiger partial charge >= 0.3 is 0 Å². The minimum atomic E-state index is 0.335. The topological polar surface area (TPSA) is 89.2 Å². The predicted octanol–water partition coefficient (Wildman–Crippen LogP) is 4.22. The van der Waals surface area contributed by atoms with Gasteiger partial charge < -0.3 is 19.4 Å². The first-order valence-corrected chi connectivity index (χ1v) is 10.8. The third-order valence-corrected chi connectivity index (χ3v) is 7.21. The van der Waals surface area contributed by atoms with E-state index in [1.807, 2.05) is 31.9 Å². The molecule has 0 bridgehead atoms. The van der Waals surface area contributed by atoms with Crippen LogP contribution in [0.1, 0.15) is 30.8 Å². The second kappa shape index (κ2) is 7.16. The van der Waals surface area contributed by atoms with Gasteiger partial charge in [0.25, 0.3) is 0 Å². The van der Waals surface area contributed by atoms with Crippen LogP contribution in [-0.4, -0.2) is 45.9 Å². The first kappa shape index (κ1) is 19.2. The van der Waals surface area contributed by atoms with Gasteiger partial charge in [-0.3, -0.25) is 0 Å². The molecule has 1 aliphatic carbocycles. The van der Waals surface area contributed by atoms with Crippen molar-refractivity contribution in [3.05, 3.63) is 30.0 Å². The first-order chi connectivity index (χ1) is 14.5. The number of aryl methyl sites for hydroxylation is 1. The van der Waals surface area contributed by atoms with Crippen LogP contribution in [-0.2, 0) is 6.42 Å². The Balaban J connectivity index is 1.46. The molecular formula is C21H24N6O2S. The first-order valence-electron chi connectivity index (χ1n) is 9.97. The fourth-order valence-electron chi connectivity index (χ4n) is 3.93. The summed E-state index contributed by atoms with van der Waals surface area (Å²) < 4.78 is 11.5. The van der Waals surface area contributed by atoms with Crippen molar-refractivity contribution in [3.8, 4) is 17.2 Å². The molecular weight excluding hydrogens is 400 g/mol. The van der Waals surface area contributed by atoms with Gasteiger partial charge in [0.05, 0.1) is 35.8 Å². The van der Waals surface area contributed by atoms with E-state index in [2.05, 4.69) is 20.2 Å². The van der Waals surface area contributed by atoms with Crippen LogP contribution in [0.2, 0.25) is 0 Å². The molecule has 0 amide bonds. The van der Waals surface area contributed by atoms with Crippen LogP contribution < -0.4 is 15.0 Å². The van der Waals surface area contributed by atoms with Crippen molar-refractivity contribution in [1.29, 1.82) is 0 Å². The number of ether oxygens (including phenoxy) is 1. The maximum absolute atomic E-state index is 5.59. The van der Waals surface area contributed by atoms with Gasteiger partial charge in [-0.2, -0.15) is 4.98 Å². The van der Waals surface area contributed by atoms with Crippen molar-refractivity contribution in [3.63, 3.8) is 0 Å². The Kier molecular flexibility index (Phi) is 4.57. The lowest BCUT2D eigenvalue weighted by molar-refractivity contribution is 0.365. The van der Waals surface area contributed by atoms with Crippen molar-refractivity contribution < 1.29 is 9.15 Å². The maximum Gasteiger partial charge on any atom is 0.229 e. The molecule has 5 rings (SSSR count). The van der Waals surface area contributed by atoms with E-state index in [0.29, 0.717) is 33.8 Å². The van der Waals surface area contributed by atoms with Crippen LogP contribution in [0, 0.1) is 6.92 Å². The SMILES string of the molecule is COc1cc(Nc2nc3c(c(N(C)C)n2)SC2(CCC2)C3)cnc1-c1cnc(C)o1. The minimum Gasteiger partial charge on any atom is -0.494 e. The zero-order chi connectivity index (χ0) is 20.9. The van der Waals surface area contributed by atoms with Gasteiger partial charge in [0.1, 0.15) is 11.5 Å². The molecule has 4 heterocycles. The quantitative estimate of drug-likeness (QED) is 0.646. The van der Waals surface area contributed by atoms with Crippen LogP contribution in [0.5, 0.6) is 5.75 Å². The summed E-state index contributed by atoms with van der Waals surface area (Å²) in [6.45, 7) is 1.80. The standard InChI is InChI=1S/C21H24N6O2S/c1-12-22-11-16(29-12)17-15(28-4)8-13(10-23-17)24-20-25-14-9-21(6-5-7-21)30-18(14)19(26-20)27(2)3/h8,10-11H,5-7,9H2,1-4H3,(H,24,25,26). The van der Waals surface area contributed by atoms with Gasteiger partial charge in [0, 0.05) is 38.3 Å². The van der Waals surface area contributed by atoms with E-state index in [-0.39, 0.29) is 0 Å². The summed E-state index contributed by atoms with van der Waals surface area (Å²) in [5, 5.41) is 3.30. The minimum absolute atomic E-state index is 0.335. The number of oxazole rings is 1. The highest BCUT2D eigenvalue weighted by molar-refractivity contribution is 8.01. The number of pyridine rings is 1. The second-order valence-corrected chi connectivity index (χ2v) is 9.48. The number of thioether (sulfide) groups is 1. The van der Waals surface area contributed by atoms with Crippen LogP contribution in [0.25, 0.3) is 11.5 Å². The largest absolute Gasteiger partial charge is 0.494 e. The Morgan fingerprint density at radius 3 is 2.67 bits per heavy atom. The van der Waals surface area contributed by atoms with Crippen LogP contribution in [0.4, 0.5) is 17.5 Å². The average Bonchev–Trinajstić information content (AvgIpc) is 3.30. The molecule has 1 fully saturated rings. The van der Waals surface area contributed by atoms with Crippen LogP contribution in [0.15, 0.2) is 27.8 Å². The molecule has 3 aromatic heterocycles. The predicted molar refractivity (Wildman–Crippen MR) is 117 cm³/mol. The van der Waals surface area contributed by atoms with Gasteiger partial charge in [-0.25, -0.2) is 15.0 Å². The van der Waals surface area contributed by atoms with Gasteiger partial charge in [-0.15, -0.1) is 11.8 Å². The van der Waals surface area contributed by atoms with E-state index >= 15 is 0 Å². The maximum atomic E-state index is 5.59. The van der Waals surface area contributed by atoms with Crippen molar-refractivity contribution in [2.24, 2.45) is 0 Å². The van der Waals surface area contributed by atoms with E-state index in [0.717, 1.165) is 23.6 Å². The average molecular weight is 425 g/mol. The number of methoxy groups -OCH3 is 1. The summed E-state index contributed by atoms with van der Waals surface area (Å²) in [4.78, 5) is 21.6. The molecule has 1 spiro atoms. The Labute approximate surface area is 179 Å². The molecule has 0 unspecified atom stereocenters. The number of nitrogens with zero attached hydrogens (tertiary/aromatic N) is 5. The molecule has 0 atom stereocenters. The Morgan fingerprint density at radius 2 is 2.03 bits per heavy atom. The Morgan fingerprint density at radius 1 is 1.20 bits per heavy atom. The van der Waals surface area contributed by atoms with E-state index < -0.39 is 0 Å². The molecule has 8 nitrogen and oxygen atoms in total. The second-order valence-electron chi connectivity index (χ2n) is 8.00. The number of anilines is 3. The summed E-state index contributed by atoms with van der Waals surface area (Å²) >= 11 is 1.96. The summed E-state index contributed by atoms with van der Waals surface area (Å²) in [5.74, 6) is 3.28. The summed E-state index contributed by atoms with van der Waals surface area (Å²) in [6.07, 6.45) is 8.20. The highest BCUT2D eigenvalue weighted by Gasteiger charge is 2.45. The van der Waals surface area contributed by atoms with Crippen molar-refractivity contribution in [1.82, 2.24) is 19.9 Å². The lowest BCUT2D eigenvalue weighted by atomic mass is 9.81. The number of aromatic nitrogens is 4. The molecule has 1 N–H and O–H groups in total. The lowest BCUT2D eigenvalue weighted by Crippen LogP contribution is -2.32. The zero-order valence-electron chi connectivity index (χ0n) is 17.5. The Bertz CT molecular complexity index is 1110. The summed E-state index contributed by atoms with van der Waals surface area (Å²) in [5.41, 5.74) is 2.49. The lowest BCUT2D eigenvalue weighted by Gasteiger charge is -2.36. The van der Waals surface area contributed by atoms with Gasteiger partial charge in [-0.05, 0) is 12.8 Å². The van der Waals surface area contributed by atoms with Gasteiger partial charge in [-0.1, -0.05) is 6.42 Å². The molecule has 0 aromatic carbocycles. The number of rotatable bonds is 5. The molecule has 156 valence electrons. The molecule has 30 heavy (non-hydrogen) atoms. The fourth-order valence-corrected chi connectivity index (χ4v) is 5.62. The number of nitrogens with one attached hydrogen (secondary N) is 1. The van der Waals surface area contributed by atoms with Crippen molar-refractivity contribution in [2.75, 3.05) is 31.4 Å². The van der Waals surface area contributed by atoms with Gasteiger partial charge in [0.15, 0.2) is 17.4 Å². The molecule has 3 aromatic rings. The molecule has 0 radical (unpaired) electrons. The third-order valence-electron chi connectivity index (χ3n) is 5.60. The number of hydrogen-bond donors (Lipinski definition) is 1. The monoisotopic (exact) mass is 424 g/mol. The zero-order valence-corrected chi connectivity index (χ0v) is 18.3. The van der Waals surface area contributed by atoms with Crippen LogP contribution >= 0.6 is 11.8 Å². The number of fused-ring (bicyclic) bond motifs is 1. The molecule has 1 aliphatic heterocycles. The smallest absolute Gasteiger partial charge is 0.229 e.